The molecule has 3 atom stereocenters. The molecule has 0 aromatic heterocycles. The Balaban J connectivity index is 1.28. The Hall–Kier alpha value is -2.16. The molecule has 3 aliphatic rings. The van der Waals surface area contributed by atoms with Crippen molar-refractivity contribution < 1.29 is 24.5 Å². The van der Waals surface area contributed by atoms with Crippen LogP contribution >= 0.6 is 0 Å². The van der Waals surface area contributed by atoms with Crippen molar-refractivity contribution in [3.05, 3.63) is 35.9 Å². The molecule has 4 rings (SSSR count). The van der Waals surface area contributed by atoms with Crippen molar-refractivity contribution in [3.8, 4) is 0 Å². The van der Waals surface area contributed by atoms with Crippen LogP contribution < -0.4 is 0 Å². The Bertz CT molecular complexity index is 826. The Morgan fingerprint density at radius 1 is 1.19 bits per heavy atom. The Morgan fingerprint density at radius 2 is 1.91 bits per heavy atom. The third kappa shape index (κ3) is 4.77. The highest BCUT2D eigenvalue weighted by molar-refractivity contribution is 5.87. The maximum atomic E-state index is 13.0. The van der Waals surface area contributed by atoms with Gasteiger partial charge in [0.1, 0.15) is 18.4 Å². The van der Waals surface area contributed by atoms with Gasteiger partial charge in [0, 0.05) is 32.6 Å². The van der Waals surface area contributed by atoms with E-state index in [1.54, 1.807) is 13.8 Å². The van der Waals surface area contributed by atoms with Crippen molar-refractivity contribution in [1.29, 1.82) is 0 Å². The van der Waals surface area contributed by atoms with Gasteiger partial charge in [0.2, 0.25) is 5.91 Å². The molecule has 32 heavy (non-hydrogen) atoms. The van der Waals surface area contributed by atoms with Gasteiger partial charge in [0.15, 0.2) is 0 Å². The molecule has 2 heterocycles. The van der Waals surface area contributed by atoms with Gasteiger partial charge in [-0.1, -0.05) is 30.3 Å². The summed E-state index contributed by atoms with van der Waals surface area (Å²) in [7, 11) is 0. The lowest BCUT2D eigenvalue weighted by atomic mass is 9.90. The summed E-state index contributed by atoms with van der Waals surface area (Å²) in [6.07, 6.45) is 2.80. The van der Waals surface area contributed by atoms with Gasteiger partial charge in [-0.2, -0.15) is 0 Å². The van der Waals surface area contributed by atoms with E-state index in [0.29, 0.717) is 26.1 Å². The number of benzene rings is 1. The fourth-order valence-corrected chi connectivity index (χ4v) is 4.93. The average molecular weight is 446 g/mol. The first kappa shape index (κ1) is 23.0. The van der Waals surface area contributed by atoms with Crippen LogP contribution in [0.4, 0.5) is 4.79 Å². The van der Waals surface area contributed by atoms with E-state index in [1.165, 1.54) is 9.80 Å². The molecule has 3 fully saturated rings. The standard InChI is InChI=1S/C24H35N3O5/c1-18-21(29)27(15-14-26(18)22(30)32-17-19-6-4-3-5-7-19)23(2,31)10-12-25-13-11-24(8-9-24)20(28)16-25/h3-7,18,20,28,31H,8-17H2,1-2H3/t18-,20+,23-/m0/s1. The minimum absolute atomic E-state index is 0.149. The van der Waals surface area contributed by atoms with Gasteiger partial charge in [-0.3, -0.25) is 9.69 Å². The summed E-state index contributed by atoms with van der Waals surface area (Å²) in [5, 5.41) is 21.5. The second kappa shape index (κ2) is 9.00. The summed E-state index contributed by atoms with van der Waals surface area (Å²) in [4.78, 5) is 30.6. The number of rotatable bonds is 6. The molecule has 0 unspecified atom stereocenters. The quantitative estimate of drug-likeness (QED) is 0.694. The first-order valence-electron chi connectivity index (χ1n) is 11.6. The van der Waals surface area contributed by atoms with Crippen LogP contribution in [0.2, 0.25) is 0 Å². The minimum Gasteiger partial charge on any atom is -0.445 e. The van der Waals surface area contributed by atoms with Crippen LogP contribution in [0.3, 0.4) is 0 Å². The number of ether oxygens (including phenoxy) is 1. The van der Waals surface area contributed by atoms with Crippen LogP contribution in [-0.2, 0) is 16.1 Å². The number of amides is 2. The number of hydrogen-bond donors (Lipinski definition) is 2. The van der Waals surface area contributed by atoms with Gasteiger partial charge in [-0.05, 0) is 50.6 Å². The molecular weight excluding hydrogens is 410 g/mol. The van der Waals surface area contributed by atoms with Crippen molar-refractivity contribution in [1.82, 2.24) is 14.7 Å². The molecule has 2 N–H and O–H groups in total. The zero-order chi connectivity index (χ0) is 22.9. The number of carbonyl (C=O) groups excluding carboxylic acids is 2. The fourth-order valence-electron chi connectivity index (χ4n) is 4.93. The Labute approximate surface area is 189 Å². The van der Waals surface area contributed by atoms with Crippen molar-refractivity contribution in [3.63, 3.8) is 0 Å². The van der Waals surface area contributed by atoms with Crippen LogP contribution in [0.25, 0.3) is 0 Å². The normalized spacial score (nSPS) is 27.3. The maximum Gasteiger partial charge on any atom is 0.410 e. The number of piperidine rings is 1. The van der Waals surface area contributed by atoms with E-state index in [2.05, 4.69) is 4.90 Å². The van der Waals surface area contributed by atoms with Gasteiger partial charge in [-0.15, -0.1) is 0 Å². The lowest BCUT2D eigenvalue weighted by molar-refractivity contribution is -0.170. The third-order valence-corrected chi connectivity index (χ3v) is 7.53. The molecule has 2 saturated heterocycles. The number of aliphatic hydroxyl groups is 2. The topological polar surface area (TPSA) is 93.5 Å². The van der Waals surface area contributed by atoms with Crippen molar-refractivity contribution >= 4 is 12.0 Å². The smallest absolute Gasteiger partial charge is 0.410 e. The minimum atomic E-state index is -1.31. The first-order chi connectivity index (χ1) is 15.2. The summed E-state index contributed by atoms with van der Waals surface area (Å²) >= 11 is 0. The van der Waals surface area contributed by atoms with Gasteiger partial charge in [0.05, 0.1) is 6.10 Å². The largest absolute Gasteiger partial charge is 0.445 e. The maximum absolute atomic E-state index is 13.0. The molecule has 0 bridgehead atoms. The lowest BCUT2D eigenvalue weighted by Crippen LogP contribution is -2.64. The van der Waals surface area contributed by atoms with Crippen LogP contribution in [0, 0.1) is 5.41 Å². The van der Waals surface area contributed by atoms with Crippen molar-refractivity contribution in [2.45, 2.75) is 64.0 Å². The Kier molecular flexibility index (Phi) is 6.47. The van der Waals surface area contributed by atoms with E-state index in [9.17, 15) is 19.8 Å². The molecule has 176 valence electrons. The number of piperazine rings is 1. The molecule has 2 aliphatic heterocycles. The summed E-state index contributed by atoms with van der Waals surface area (Å²) < 4.78 is 5.39. The number of nitrogens with zero attached hydrogens (tertiary/aromatic N) is 3. The van der Waals surface area contributed by atoms with E-state index in [4.69, 9.17) is 4.74 Å². The predicted molar refractivity (Wildman–Crippen MR) is 118 cm³/mol. The van der Waals surface area contributed by atoms with E-state index < -0.39 is 17.9 Å². The van der Waals surface area contributed by atoms with Gasteiger partial charge < -0.3 is 24.7 Å². The van der Waals surface area contributed by atoms with Crippen LogP contribution in [0.5, 0.6) is 0 Å². The summed E-state index contributed by atoms with van der Waals surface area (Å²) in [6, 6.07) is 8.71. The molecule has 0 radical (unpaired) electrons. The SMILES string of the molecule is C[C@H]1C(=O)N([C@@](C)(O)CCN2CCC3(CC3)[C@H](O)C2)CCN1C(=O)OCc1ccccc1. The highest BCUT2D eigenvalue weighted by atomic mass is 16.6. The molecule has 1 saturated carbocycles. The van der Waals surface area contributed by atoms with E-state index in [0.717, 1.165) is 31.4 Å². The summed E-state index contributed by atoms with van der Waals surface area (Å²) in [5.41, 5.74) is -0.280. The van der Waals surface area contributed by atoms with E-state index in [1.807, 2.05) is 30.3 Å². The van der Waals surface area contributed by atoms with Gasteiger partial charge in [-0.25, -0.2) is 4.79 Å². The summed E-state index contributed by atoms with van der Waals surface area (Å²) in [6.45, 7) is 6.20. The molecule has 1 aromatic rings. The Morgan fingerprint density at radius 3 is 2.56 bits per heavy atom. The highest BCUT2D eigenvalue weighted by Gasteiger charge is 2.51. The average Bonchev–Trinajstić information content (AvgIpc) is 3.56. The van der Waals surface area contributed by atoms with Crippen molar-refractivity contribution in [2.24, 2.45) is 5.41 Å². The molecule has 1 aromatic carbocycles. The zero-order valence-corrected chi connectivity index (χ0v) is 19.1. The zero-order valence-electron chi connectivity index (χ0n) is 19.1. The molecule has 1 aliphatic carbocycles. The summed E-state index contributed by atoms with van der Waals surface area (Å²) in [5.74, 6) is -0.284. The number of carbonyl (C=O) groups is 2. The third-order valence-electron chi connectivity index (χ3n) is 7.53. The fraction of sp³-hybridized carbons (Fsp3) is 0.667. The first-order valence-corrected chi connectivity index (χ1v) is 11.6. The molecule has 8 heteroatoms. The molecular formula is C24H35N3O5. The van der Waals surface area contributed by atoms with Gasteiger partial charge >= 0.3 is 6.09 Å². The van der Waals surface area contributed by atoms with Crippen LogP contribution in [-0.4, -0.2) is 87.5 Å². The number of likely N-dealkylation sites (tertiary alicyclic amines) is 1. The van der Waals surface area contributed by atoms with Gasteiger partial charge in [0.25, 0.3) is 0 Å². The second-order valence-corrected chi connectivity index (χ2v) is 9.80. The molecule has 1 spiro atoms. The highest BCUT2D eigenvalue weighted by Crippen LogP contribution is 2.53. The van der Waals surface area contributed by atoms with Crippen LogP contribution in [0.15, 0.2) is 30.3 Å². The molecule has 8 nitrogen and oxygen atoms in total. The van der Waals surface area contributed by atoms with Crippen molar-refractivity contribution in [2.75, 3.05) is 32.7 Å². The number of aliphatic hydroxyl groups excluding tert-OH is 1. The monoisotopic (exact) mass is 445 g/mol. The predicted octanol–water partition coefficient (Wildman–Crippen LogP) is 1.80. The van der Waals surface area contributed by atoms with E-state index in [-0.39, 0.29) is 30.6 Å². The number of β-amino-alcohol motifs (C(OH)–C–C–N with tert-alkyl or cyclic N) is 1. The molecule has 2 amide bonds. The second-order valence-electron chi connectivity index (χ2n) is 9.80. The van der Waals surface area contributed by atoms with Crippen LogP contribution in [0.1, 0.15) is 45.1 Å². The number of hydrogen-bond acceptors (Lipinski definition) is 6. The lowest BCUT2D eigenvalue weighted by Gasteiger charge is -2.46. The van der Waals surface area contributed by atoms with E-state index >= 15 is 0 Å².